The summed E-state index contributed by atoms with van der Waals surface area (Å²) in [4.78, 5) is 17.4. The van der Waals surface area contributed by atoms with E-state index < -0.39 is 11.9 Å². The van der Waals surface area contributed by atoms with Gasteiger partial charge in [-0.3, -0.25) is 14.6 Å². The number of hydrogen-bond donors (Lipinski definition) is 1. The monoisotopic (exact) mass is 530 g/mol. The Kier molecular flexibility index (Phi) is 11.0. The number of aryl methyl sites for hydroxylation is 1. The van der Waals surface area contributed by atoms with E-state index in [0.29, 0.717) is 13.0 Å². The highest BCUT2D eigenvalue weighted by Gasteiger charge is 2.21. The van der Waals surface area contributed by atoms with Crippen molar-refractivity contribution in [3.8, 4) is 5.75 Å². The van der Waals surface area contributed by atoms with Crippen LogP contribution in [-0.2, 0) is 13.0 Å². The van der Waals surface area contributed by atoms with E-state index in [1.165, 1.54) is 35.9 Å². The summed E-state index contributed by atoms with van der Waals surface area (Å²) < 4.78 is 32.7. The average molecular weight is 531 g/mol. The molecule has 198 valence electrons. The molecule has 1 N–H and O–H groups in total. The predicted molar refractivity (Wildman–Crippen MR) is 142 cm³/mol. The summed E-state index contributed by atoms with van der Waals surface area (Å²) in [7, 11) is 0. The first-order valence-corrected chi connectivity index (χ1v) is 12.3. The van der Waals surface area contributed by atoms with Crippen molar-refractivity contribution in [1.82, 2.24) is 9.80 Å². The summed E-state index contributed by atoms with van der Waals surface area (Å²) in [5, 5.41) is 10.6. The van der Waals surface area contributed by atoms with E-state index in [9.17, 15) is 18.7 Å². The highest BCUT2D eigenvalue weighted by Crippen LogP contribution is 2.23. The maximum atomic E-state index is 13.9. The number of hydrogen-bond acceptors (Lipinski definition) is 5. The molecule has 37 heavy (non-hydrogen) atoms. The Hall–Kier alpha value is -2.84. The summed E-state index contributed by atoms with van der Waals surface area (Å²) in [6.45, 7) is 4.95. The van der Waals surface area contributed by atoms with Gasteiger partial charge in [0.1, 0.15) is 30.1 Å². The first-order chi connectivity index (χ1) is 17.5. The molecule has 0 spiro atoms. The molecular weight excluding hydrogens is 498 g/mol. The van der Waals surface area contributed by atoms with Crippen LogP contribution in [0.2, 0.25) is 0 Å². The van der Waals surface area contributed by atoms with E-state index in [1.807, 2.05) is 18.2 Å². The number of halogens is 3. The lowest BCUT2D eigenvalue weighted by Crippen LogP contribution is -2.48. The molecule has 1 atom stereocenters. The van der Waals surface area contributed by atoms with Gasteiger partial charge in [0.15, 0.2) is 5.78 Å². The Labute approximate surface area is 223 Å². The number of nitrogens with zero attached hydrogens (tertiary/aromatic N) is 2. The molecule has 8 heteroatoms. The minimum absolute atomic E-state index is 0. The van der Waals surface area contributed by atoms with E-state index in [2.05, 4.69) is 21.9 Å². The highest BCUT2D eigenvalue weighted by molar-refractivity contribution is 5.98. The molecule has 0 aliphatic carbocycles. The maximum absolute atomic E-state index is 13.9. The topological polar surface area (TPSA) is 53.0 Å². The first-order valence-electron chi connectivity index (χ1n) is 12.3. The predicted octanol–water partition coefficient (Wildman–Crippen LogP) is 4.76. The van der Waals surface area contributed by atoms with Crippen LogP contribution in [0.1, 0.15) is 27.9 Å². The van der Waals surface area contributed by atoms with Gasteiger partial charge in [-0.15, -0.1) is 12.4 Å². The second kappa shape index (κ2) is 14.2. The summed E-state index contributed by atoms with van der Waals surface area (Å²) in [6, 6.07) is 20.2. The fourth-order valence-corrected chi connectivity index (χ4v) is 4.40. The van der Waals surface area contributed by atoms with Gasteiger partial charge in [0, 0.05) is 45.7 Å². The van der Waals surface area contributed by atoms with Crippen molar-refractivity contribution in [2.75, 3.05) is 39.3 Å². The Morgan fingerprint density at radius 3 is 2.22 bits per heavy atom. The second-order valence-electron chi connectivity index (χ2n) is 9.22. The Morgan fingerprint density at radius 2 is 1.51 bits per heavy atom. The zero-order valence-corrected chi connectivity index (χ0v) is 21.5. The molecule has 1 heterocycles. The molecule has 3 aromatic carbocycles. The highest BCUT2D eigenvalue weighted by atomic mass is 35.5. The molecule has 1 fully saturated rings. The van der Waals surface area contributed by atoms with Crippen LogP contribution in [0.5, 0.6) is 5.75 Å². The molecule has 0 bridgehead atoms. The van der Waals surface area contributed by atoms with E-state index >= 15 is 0 Å². The quantitative estimate of drug-likeness (QED) is 0.362. The number of aliphatic hydroxyl groups is 1. The zero-order valence-electron chi connectivity index (χ0n) is 20.7. The third-order valence-electron chi connectivity index (χ3n) is 6.41. The van der Waals surface area contributed by atoms with Gasteiger partial charge in [0.25, 0.3) is 0 Å². The van der Waals surface area contributed by atoms with Crippen molar-refractivity contribution in [2.24, 2.45) is 0 Å². The number of ether oxygens (including phenoxy) is 1. The Morgan fingerprint density at radius 1 is 0.865 bits per heavy atom. The number of carbonyl (C=O) groups is 1. The fraction of sp³-hybridized carbons (Fsp3) is 0.345. The summed E-state index contributed by atoms with van der Waals surface area (Å²) >= 11 is 0. The van der Waals surface area contributed by atoms with Crippen LogP contribution in [0, 0.1) is 11.6 Å². The fourth-order valence-electron chi connectivity index (χ4n) is 4.40. The van der Waals surface area contributed by atoms with Gasteiger partial charge in [-0.25, -0.2) is 8.78 Å². The SMILES string of the molecule is Cl.O=C(CCc1ccc(F)cc1)c1cc(F)ccc1OCC(O)CN1CCN(Cc2ccccc2)CC1. The number of rotatable bonds is 11. The summed E-state index contributed by atoms with van der Waals surface area (Å²) in [5.41, 5.74) is 2.27. The van der Waals surface area contributed by atoms with Crippen molar-refractivity contribution in [3.63, 3.8) is 0 Å². The van der Waals surface area contributed by atoms with Crippen molar-refractivity contribution < 1.29 is 23.4 Å². The molecule has 5 nitrogen and oxygen atoms in total. The van der Waals surface area contributed by atoms with Crippen molar-refractivity contribution >= 4 is 18.2 Å². The molecule has 1 aliphatic heterocycles. The standard InChI is InChI=1S/C29H32F2N2O3.ClH/c30-24-9-6-22(7-10-24)8-12-28(35)27-18-25(31)11-13-29(27)36-21-26(34)20-33-16-14-32(15-17-33)19-23-4-2-1-3-5-23;/h1-7,9-11,13,18,26,34H,8,12,14-17,19-21H2;1H. The lowest BCUT2D eigenvalue weighted by molar-refractivity contribution is 0.0443. The van der Waals surface area contributed by atoms with Gasteiger partial charge >= 0.3 is 0 Å². The maximum Gasteiger partial charge on any atom is 0.167 e. The largest absolute Gasteiger partial charge is 0.490 e. The van der Waals surface area contributed by atoms with Crippen molar-refractivity contribution in [3.05, 3.63) is 101 Å². The molecule has 1 saturated heterocycles. The van der Waals surface area contributed by atoms with Gasteiger partial charge in [-0.2, -0.15) is 0 Å². The van der Waals surface area contributed by atoms with E-state index in [0.717, 1.165) is 38.3 Å². The molecule has 1 unspecified atom stereocenters. The van der Waals surface area contributed by atoms with Crippen LogP contribution in [0.15, 0.2) is 72.8 Å². The first kappa shape index (κ1) is 28.7. The number of β-amino-alcohol motifs (C(OH)–C–C–N with tert-alkyl or cyclic N) is 1. The molecule has 1 aliphatic rings. The summed E-state index contributed by atoms with van der Waals surface area (Å²) in [5.74, 6) is -0.870. The van der Waals surface area contributed by atoms with Crippen LogP contribution < -0.4 is 4.74 Å². The number of aliphatic hydroxyl groups excluding tert-OH is 1. The smallest absolute Gasteiger partial charge is 0.167 e. The number of ketones is 1. The van der Waals surface area contributed by atoms with Gasteiger partial charge in [-0.1, -0.05) is 42.5 Å². The van der Waals surface area contributed by atoms with Crippen LogP contribution in [0.4, 0.5) is 8.78 Å². The molecule has 3 aromatic rings. The second-order valence-corrected chi connectivity index (χ2v) is 9.22. The van der Waals surface area contributed by atoms with E-state index in [4.69, 9.17) is 4.74 Å². The minimum Gasteiger partial charge on any atom is -0.490 e. The van der Waals surface area contributed by atoms with Crippen LogP contribution in [0.25, 0.3) is 0 Å². The lowest BCUT2D eigenvalue weighted by Gasteiger charge is -2.35. The van der Waals surface area contributed by atoms with E-state index in [1.54, 1.807) is 12.1 Å². The number of benzene rings is 3. The van der Waals surface area contributed by atoms with Crippen molar-refractivity contribution in [1.29, 1.82) is 0 Å². The minimum atomic E-state index is -0.738. The molecule has 0 aromatic heterocycles. The Balaban J connectivity index is 0.00000380. The normalized spacial score (nSPS) is 15.1. The van der Waals surface area contributed by atoms with E-state index in [-0.39, 0.29) is 48.3 Å². The lowest BCUT2D eigenvalue weighted by atomic mass is 10.0. The Bertz CT molecular complexity index is 1120. The van der Waals surface area contributed by atoms with Gasteiger partial charge in [0.05, 0.1) is 5.56 Å². The molecular formula is C29H33ClF2N2O3. The van der Waals surface area contributed by atoms with Crippen LogP contribution in [0.3, 0.4) is 0 Å². The molecule has 4 rings (SSSR count). The molecule has 0 saturated carbocycles. The third-order valence-corrected chi connectivity index (χ3v) is 6.41. The number of piperazine rings is 1. The van der Waals surface area contributed by atoms with Gasteiger partial charge in [-0.05, 0) is 47.9 Å². The summed E-state index contributed by atoms with van der Waals surface area (Å²) in [6.07, 6.45) is -0.187. The zero-order chi connectivity index (χ0) is 25.3. The van der Waals surface area contributed by atoms with Crippen molar-refractivity contribution in [2.45, 2.75) is 25.5 Å². The number of carbonyl (C=O) groups excluding carboxylic acids is 1. The third kappa shape index (κ3) is 8.90. The molecule has 0 amide bonds. The van der Waals surface area contributed by atoms with Crippen LogP contribution >= 0.6 is 12.4 Å². The van der Waals surface area contributed by atoms with Gasteiger partial charge < -0.3 is 9.84 Å². The average Bonchev–Trinajstić information content (AvgIpc) is 2.89. The van der Waals surface area contributed by atoms with Gasteiger partial charge in [0.2, 0.25) is 0 Å². The molecule has 0 radical (unpaired) electrons. The number of Topliss-reactive ketones (excluding diaryl/α,β-unsaturated/α-hetero) is 1. The van der Waals surface area contributed by atoms with Crippen LogP contribution in [-0.4, -0.2) is 66.1 Å².